The van der Waals surface area contributed by atoms with Crippen LogP contribution in [-0.4, -0.2) is 0 Å². The molecule has 0 radical (unpaired) electrons. The third-order valence-electron chi connectivity index (χ3n) is 4.00. The minimum atomic E-state index is 0.320. The molecular weight excluding hydrogens is 256 g/mol. The van der Waals surface area contributed by atoms with Crippen molar-refractivity contribution in [2.75, 3.05) is 0 Å². The fourth-order valence-corrected chi connectivity index (χ4v) is 3.69. The molecule has 0 aromatic carbocycles. The molecule has 102 valence electrons. The average Bonchev–Trinajstić information content (AvgIpc) is 2.87. The highest BCUT2D eigenvalue weighted by Gasteiger charge is 2.28. The van der Waals surface area contributed by atoms with Crippen molar-refractivity contribution in [1.29, 1.82) is 0 Å². The summed E-state index contributed by atoms with van der Waals surface area (Å²) in [5, 5.41) is 0. The second kappa shape index (κ2) is 6.81. The fraction of sp³-hybridized carbons (Fsp3) is 0.625. The van der Waals surface area contributed by atoms with Crippen molar-refractivity contribution in [3.8, 4) is 0 Å². The Morgan fingerprint density at radius 3 is 2.61 bits per heavy atom. The number of thiophene rings is 1. The van der Waals surface area contributed by atoms with Crippen molar-refractivity contribution in [3.63, 3.8) is 0 Å². The van der Waals surface area contributed by atoms with Gasteiger partial charge in [0.05, 0.1) is 0 Å². The molecule has 1 heterocycles. The summed E-state index contributed by atoms with van der Waals surface area (Å²) in [5.41, 5.74) is 0.320. The van der Waals surface area contributed by atoms with Gasteiger partial charge in [0.2, 0.25) is 0 Å². The minimum Gasteiger partial charge on any atom is -0.142 e. The van der Waals surface area contributed by atoms with E-state index in [1.54, 1.807) is 0 Å². The summed E-state index contributed by atoms with van der Waals surface area (Å²) in [6.07, 6.45) is 5.81. The lowest BCUT2D eigenvalue weighted by Gasteiger charge is -2.30. The topological polar surface area (TPSA) is 0 Å². The zero-order valence-corrected chi connectivity index (χ0v) is 14.0. The second-order valence-corrected chi connectivity index (χ2v) is 7.04. The summed E-state index contributed by atoms with van der Waals surface area (Å²) in [7, 11) is 0. The van der Waals surface area contributed by atoms with Crippen LogP contribution in [0, 0.1) is 5.92 Å². The van der Waals surface area contributed by atoms with E-state index in [-0.39, 0.29) is 0 Å². The number of hydrogen-bond donors (Lipinski definition) is 1. The fourth-order valence-electron chi connectivity index (χ4n) is 2.27. The van der Waals surface area contributed by atoms with Gasteiger partial charge in [-0.3, -0.25) is 0 Å². The Hall–Kier alpha value is -0.210. The Kier molecular flexibility index (Phi) is 6.00. The van der Waals surface area contributed by atoms with Crippen LogP contribution in [0.4, 0.5) is 0 Å². The van der Waals surface area contributed by atoms with Crippen LogP contribution >= 0.6 is 24.0 Å². The van der Waals surface area contributed by atoms with E-state index in [0.717, 1.165) is 10.8 Å². The van der Waals surface area contributed by atoms with Gasteiger partial charge in [0.1, 0.15) is 0 Å². The molecule has 0 aliphatic rings. The average molecular weight is 283 g/mol. The monoisotopic (exact) mass is 282 g/mol. The number of rotatable bonds is 6. The molecule has 1 rings (SSSR count). The highest BCUT2D eigenvalue weighted by molar-refractivity contribution is 7.90. The Labute approximate surface area is 122 Å². The first-order valence-electron chi connectivity index (χ1n) is 6.92. The Bertz CT molecular complexity index is 403. The molecule has 0 aliphatic heterocycles. The maximum atomic E-state index is 4.52. The highest BCUT2D eigenvalue weighted by atomic mass is 32.1. The van der Waals surface area contributed by atoms with Gasteiger partial charge in [-0.1, -0.05) is 40.2 Å². The SMILES string of the molecule is C/C=C(\S)c1ccc(C(C)(CC)CC(C)CC)s1. The standard InChI is InChI=1S/C16H26S2/c1-6-12(4)11-16(5,8-3)15-10-9-14(18-15)13(17)7-2/h7,9-10,12,17H,6,8,11H2,1-5H3/b13-7-. The van der Waals surface area contributed by atoms with Gasteiger partial charge in [0, 0.05) is 20.1 Å². The van der Waals surface area contributed by atoms with E-state index in [0.29, 0.717) is 5.41 Å². The van der Waals surface area contributed by atoms with Crippen molar-refractivity contribution < 1.29 is 0 Å². The van der Waals surface area contributed by atoms with Gasteiger partial charge in [-0.25, -0.2) is 0 Å². The number of hydrogen-bond acceptors (Lipinski definition) is 2. The van der Waals surface area contributed by atoms with Gasteiger partial charge in [-0.05, 0) is 37.8 Å². The lowest BCUT2D eigenvalue weighted by Crippen LogP contribution is -2.22. The number of allylic oxidation sites excluding steroid dienone is 1. The largest absolute Gasteiger partial charge is 0.142 e. The minimum absolute atomic E-state index is 0.320. The summed E-state index contributed by atoms with van der Waals surface area (Å²) >= 11 is 6.42. The quantitative estimate of drug-likeness (QED) is 0.595. The normalized spacial score (nSPS) is 17.6. The van der Waals surface area contributed by atoms with Crippen LogP contribution in [0.3, 0.4) is 0 Å². The predicted molar refractivity (Wildman–Crippen MR) is 88.7 cm³/mol. The third-order valence-corrected chi connectivity index (χ3v) is 6.08. The highest BCUT2D eigenvalue weighted by Crippen LogP contribution is 2.40. The summed E-state index contributed by atoms with van der Waals surface area (Å²) < 4.78 is 0. The molecule has 2 unspecified atom stereocenters. The molecule has 0 bridgehead atoms. The van der Waals surface area contributed by atoms with Crippen LogP contribution in [0.25, 0.3) is 4.91 Å². The lowest BCUT2D eigenvalue weighted by atomic mass is 9.77. The molecule has 2 heteroatoms. The zero-order valence-electron chi connectivity index (χ0n) is 12.3. The van der Waals surface area contributed by atoms with Crippen molar-refractivity contribution in [1.82, 2.24) is 0 Å². The van der Waals surface area contributed by atoms with E-state index >= 15 is 0 Å². The molecule has 1 aromatic rings. The van der Waals surface area contributed by atoms with E-state index in [1.807, 2.05) is 18.3 Å². The van der Waals surface area contributed by atoms with Crippen LogP contribution in [0.5, 0.6) is 0 Å². The van der Waals surface area contributed by atoms with E-state index < -0.39 is 0 Å². The first-order chi connectivity index (χ1) is 8.46. The molecule has 0 spiro atoms. The maximum absolute atomic E-state index is 4.52. The molecule has 0 saturated carbocycles. The molecule has 1 aromatic heterocycles. The molecule has 18 heavy (non-hydrogen) atoms. The van der Waals surface area contributed by atoms with Crippen molar-refractivity contribution in [2.45, 2.75) is 59.3 Å². The lowest BCUT2D eigenvalue weighted by molar-refractivity contribution is 0.342. The molecule has 0 amide bonds. The van der Waals surface area contributed by atoms with Gasteiger partial charge >= 0.3 is 0 Å². The summed E-state index contributed by atoms with van der Waals surface area (Å²) in [5.74, 6) is 0.790. The van der Waals surface area contributed by atoms with Crippen LogP contribution in [0.15, 0.2) is 18.2 Å². The van der Waals surface area contributed by atoms with Gasteiger partial charge < -0.3 is 0 Å². The number of thiol groups is 1. The van der Waals surface area contributed by atoms with Gasteiger partial charge in [0.25, 0.3) is 0 Å². The second-order valence-electron chi connectivity index (χ2n) is 5.47. The van der Waals surface area contributed by atoms with Crippen molar-refractivity contribution >= 4 is 28.9 Å². The van der Waals surface area contributed by atoms with E-state index in [1.165, 1.54) is 29.0 Å². The molecular formula is C16H26S2. The smallest absolute Gasteiger partial charge is 0.0403 e. The third kappa shape index (κ3) is 3.64. The zero-order chi connectivity index (χ0) is 13.8. The van der Waals surface area contributed by atoms with Crippen LogP contribution in [0.1, 0.15) is 63.6 Å². The molecule has 0 N–H and O–H groups in total. The first-order valence-corrected chi connectivity index (χ1v) is 8.19. The van der Waals surface area contributed by atoms with E-state index in [2.05, 4.69) is 58.5 Å². The molecule has 0 aliphatic carbocycles. The predicted octanol–water partition coefficient (Wildman–Crippen LogP) is 6.14. The van der Waals surface area contributed by atoms with Gasteiger partial charge in [-0.2, -0.15) is 0 Å². The van der Waals surface area contributed by atoms with E-state index in [4.69, 9.17) is 0 Å². The summed E-state index contributed by atoms with van der Waals surface area (Å²) in [6, 6.07) is 4.51. The first kappa shape index (κ1) is 15.8. The van der Waals surface area contributed by atoms with Gasteiger partial charge in [-0.15, -0.1) is 24.0 Å². The van der Waals surface area contributed by atoms with Gasteiger partial charge in [0.15, 0.2) is 0 Å². The molecule has 2 atom stereocenters. The van der Waals surface area contributed by atoms with Crippen LogP contribution in [-0.2, 0) is 5.41 Å². The van der Waals surface area contributed by atoms with Crippen molar-refractivity contribution in [2.24, 2.45) is 5.92 Å². The summed E-state index contributed by atoms with van der Waals surface area (Å²) in [4.78, 5) is 3.89. The Morgan fingerprint density at radius 2 is 2.11 bits per heavy atom. The summed E-state index contributed by atoms with van der Waals surface area (Å²) in [6.45, 7) is 11.4. The Balaban J connectivity index is 2.98. The maximum Gasteiger partial charge on any atom is 0.0403 e. The van der Waals surface area contributed by atoms with E-state index in [9.17, 15) is 0 Å². The van der Waals surface area contributed by atoms with Crippen LogP contribution in [0.2, 0.25) is 0 Å². The van der Waals surface area contributed by atoms with Crippen molar-refractivity contribution in [3.05, 3.63) is 28.0 Å². The van der Waals surface area contributed by atoms with Crippen LogP contribution < -0.4 is 0 Å². The molecule has 0 fully saturated rings. The molecule has 0 saturated heterocycles. The Morgan fingerprint density at radius 1 is 1.44 bits per heavy atom. The molecule has 0 nitrogen and oxygen atoms in total.